The number of hydrogen-bond acceptors (Lipinski definition) is 5. The molecule has 216 valence electrons. The lowest BCUT2D eigenvalue weighted by Crippen LogP contribution is -2.42. The highest BCUT2D eigenvalue weighted by atomic mass is 19.4. The Morgan fingerprint density at radius 3 is 2.25 bits per heavy atom. The summed E-state index contributed by atoms with van der Waals surface area (Å²) in [6.45, 7) is 4.72. The highest BCUT2D eigenvalue weighted by molar-refractivity contribution is 5.96. The van der Waals surface area contributed by atoms with Crippen molar-refractivity contribution in [1.82, 2.24) is 4.90 Å². The first kappa shape index (κ1) is 28.6. The van der Waals surface area contributed by atoms with Gasteiger partial charge in [-0.05, 0) is 54.7 Å². The third-order valence-electron chi connectivity index (χ3n) is 8.13. The van der Waals surface area contributed by atoms with Crippen molar-refractivity contribution in [3.63, 3.8) is 0 Å². The van der Waals surface area contributed by atoms with E-state index in [1.165, 1.54) is 13.0 Å². The molecule has 0 aromatic heterocycles. The maximum absolute atomic E-state index is 13.5. The van der Waals surface area contributed by atoms with Gasteiger partial charge in [-0.1, -0.05) is 24.3 Å². The number of hydrogen-bond donors (Lipinski definition) is 1. The number of ether oxygens (including phenoxy) is 2. The Hall–Kier alpha value is -2.89. The number of likely N-dealkylation sites (tertiary alicyclic amines) is 1. The van der Waals surface area contributed by atoms with Gasteiger partial charge >= 0.3 is 12.4 Å². The van der Waals surface area contributed by atoms with Crippen molar-refractivity contribution in [3.8, 4) is 0 Å². The number of carbonyl (C=O) groups is 1. The highest BCUT2D eigenvalue weighted by Gasteiger charge is 2.48. The van der Waals surface area contributed by atoms with Gasteiger partial charge in [0, 0.05) is 43.1 Å². The summed E-state index contributed by atoms with van der Waals surface area (Å²) in [5.41, 5.74) is -0.465. The zero-order chi connectivity index (χ0) is 29.0. The molecule has 0 bridgehead atoms. The summed E-state index contributed by atoms with van der Waals surface area (Å²) in [5, 5.41) is 9.93. The molecule has 3 aliphatic rings. The number of rotatable bonds is 5. The molecule has 11 heteroatoms. The van der Waals surface area contributed by atoms with E-state index in [-0.39, 0.29) is 48.2 Å². The van der Waals surface area contributed by atoms with E-state index in [1.54, 1.807) is 0 Å². The molecule has 6 atom stereocenters. The third-order valence-corrected chi connectivity index (χ3v) is 8.13. The Morgan fingerprint density at radius 1 is 1.02 bits per heavy atom. The molecule has 2 heterocycles. The number of ketones is 1. The fourth-order valence-electron chi connectivity index (χ4n) is 6.03. The molecule has 0 spiro atoms. The van der Waals surface area contributed by atoms with Gasteiger partial charge in [0.2, 0.25) is 0 Å². The molecule has 2 aromatic rings. The van der Waals surface area contributed by atoms with Gasteiger partial charge in [0.15, 0.2) is 12.1 Å². The van der Waals surface area contributed by atoms with Crippen LogP contribution in [-0.4, -0.2) is 47.9 Å². The average Bonchev–Trinajstić information content (AvgIpc) is 3.46. The quantitative estimate of drug-likeness (QED) is 0.447. The van der Waals surface area contributed by atoms with Gasteiger partial charge in [-0.15, -0.1) is 0 Å². The monoisotopic (exact) mass is 569 g/mol. The van der Waals surface area contributed by atoms with E-state index in [0.29, 0.717) is 25.2 Å². The second-order valence-electron chi connectivity index (χ2n) is 10.8. The number of aliphatic hydroxyl groups is 1. The summed E-state index contributed by atoms with van der Waals surface area (Å²) in [4.78, 5) is 14.0. The predicted octanol–water partition coefficient (Wildman–Crippen LogP) is 6.02. The fraction of sp³-hybridized carbons (Fsp3) is 0.483. The normalized spacial score (nSPS) is 28.0. The minimum Gasteiger partial charge on any atom is -0.385 e. The Labute approximate surface area is 227 Å². The Kier molecular flexibility index (Phi) is 7.52. The fourth-order valence-corrected chi connectivity index (χ4v) is 6.03. The molecule has 2 saturated heterocycles. The van der Waals surface area contributed by atoms with Crippen molar-refractivity contribution in [2.24, 2.45) is 11.8 Å². The largest absolute Gasteiger partial charge is 0.416 e. The van der Waals surface area contributed by atoms with Crippen molar-refractivity contribution < 1.29 is 45.7 Å². The first-order valence-corrected chi connectivity index (χ1v) is 13.0. The Bertz CT molecular complexity index is 1270. The summed E-state index contributed by atoms with van der Waals surface area (Å²) in [7, 11) is 0. The smallest absolute Gasteiger partial charge is 0.385 e. The van der Waals surface area contributed by atoms with E-state index in [9.17, 15) is 36.2 Å². The molecule has 1 N–H and O–H groups in total. The summed E-state index contributed by atoms with van der Waals surface area (Å²) in [6, 6.07) is 9.03. The zero-order valence-corrected chi connectivity index (χ0v) is 21.8. The maximum atomic E-state index is 13.5. The van der Waals surface area contributed by atoms with Crippen LogP contribution in [-0.2, 0) is 26.6 Å². The molecular formula is C29H29F6NO4. The lowest BCUT2D eigenvalue weighted by molar-refractivity contribution is -0.217. The van der Waals surface area contributed by atoms with Gasteiger partial charge in [0.1, 0.15) is 6.10 Å². The molecule has 0 radical (unpaired) electrons. The van der Waals surface area contributed by atoms with Crippen LogP contribution in [0.25, 0.3) is 0 Å². The van der Waals surface area contributed by atoms with Crippen LogP contribution in [0, 0.1) is 18.8 Å². The second kappa shape index (κ2) is 10.5. The lowest BCUT2D eigenvalue weighted by atomic mass is 9.76. The minimum absolute atomic E-state index is 0.0342. The van der Waals surface area contributed by atoms with Crippen LogP contribution in [0.15, 0.2) is 54.2 Å². The standard InChI is InChI=1S/C29H29F6NO4/c1-15-5-3-4-6-22(15)26-23-13-36(21-10-24(37)25(38)11-21)12-18(23)14-39-27(26)40-16(2)17-7-19(28(30,31)32)9-20(8-17)29(33,34)35/h3-10,16,18,23,25-27,38H,11-14H2,1-2H3/t16-,18+,23-,25-,26+,27-/m1/s1. The first-order valence-electron chi connectivity index (χ1n) is 13.0. The van der Waals surface area contributed by atoms with E-state index < -0.39 is 42.0 Å². The summed E-state index contributed by atoms with van der Waals surface area (Å²) in [5.74, 6) is -0.708. The van der Waals surface area contributed by atoms with Crippen LogP contribution in [0.4, 0.5) is 26.3 Å². The highest BCUT2D eigenvalue weighted by Crippen LogP contribution is 2.47. The summed E-state index contributed by atoms with van der Waals surface area (Å²) in [6.07, 6.45) is -11.4. The molecule has 2 fully saturated rings. The van der Waals surface area contributed by atoms with Crippen LogP contribution in [0.1, 0.15) is 53.2 Å². The van der Waals surface area contributed by atoms with Crippen molar-refractivity contribution in [2.45, 2.75) is 57.0 Å². The zero-order valence-electron chi connectivity index (χ0n) is 21.8. The number of alkyl halides is 6. The third kappa shape index (κ3) is 5.64. The van der Waals surface area contributed by atoms with Crippen LogP contribution < -0.4 is 0 Å². The lowest BCUT2D eigenvalue weighted by Gasteiger charge is -2.41. The predicted molar refractivity (Wildman–Crippen MR) is 132 cm³/mol. The van der Waals surface area contributed by atoms with Crippen LogP contribution in [0.5, 0.6) is 0 Å². The van der Waals surface area contributed by atoms with Crippen LogP contribution >= 0.6 is 0 Å². The number of benzene rings is 2. The van der Waals surface area contributed by atoms with E-state index in [0.717, 1.165) is 16.8 Å². The van der Waals surface area contributed by atoms with Gasteiger partial charge < -0.3 is 19.5 Å². The molecule has 0 amide bonds. The molecule has 2 aromatic carbocycles. The molecule has 5 rings (SSSR count). The Morgan fingerprint density at radius 2 is 1.68 bits per heavy atom. The van der Waals surface area contributed by atoms with Crippen LogP contribution in [0.2, 0.25) is 0 Å². The number of carbonyl (C=O) groups excluding carboxylic acids is 1. The number of aryl methyl sites for hydroxylation is 1. The second-order valence-corrected chi connectivity index (χ2v) is 10.8. The average molecular weight is 570 g/mol. The van der Waals surface area contributed by atoms with Gasteiger partial charge in [0.05, 0.1) is 23.8 Å². The van der Waals surface area contributed by atoms with Crippen molar-refractivity contribution in [1.29, 1.82) is 0 Å². The molecule has 40 heavy (non-hydrogen) atoms. The molecule has 0 unspecified atom stereocenters. The Balaban J connectivity index is 1.46. The van der Waals surface area contributed by atoms with E-state index in [1.807, 2.05) is 36.1 Å². The first-order chi connectivity index (χ1) is 18.7. The topological polar surface area (TPSA) is 59.0 Å². The van der Waals surface area contributed by atoms with Gasteiger partial charge in [-0.25, -0.2) is 0 Å². The number of nitrogens with zero attached hydrogens (tertiary/aromatic N) is 1. The molecule has 5 nitrogen and oxygen atoms in total. The molecule has 2 aliphatic heterocycles. The SMILES string of the molecule is Cc1ccccc1[C@@H]1[C@@H](O[C@H](C)c2cc(C(F)(F)F)cc(C(F)(F)F)c2)OC[C@@H]2CN(C3=CC(=O)[C@H](O)C3)C[C@H]21. The van der Waals surface area contributed by atoms with E-state index >= 15 is 0 Å². The summed E-state index contributed by atoms with van der Waals surface area (Å²) >= 11 is 0. The molecule has 1 aliphatic carbocycles. The number of aliphatic hydroxyl groups excluding tert-OH is 1. The van der Waals surface area contributed by atoms with Gasteiger partial charge in [-0.2, -0.15) is 26.3 Å². The summed E-state index contributed by atoms with van der Waals surface area (Å²) < 4.78 is 93.1. The maximum Gasteiger partial charge on any atom is 0.416 e. The van der Waals surface area contributed by atoms with Crippen molar-refractivity contribution in [3.05, 3.63) is 82.1 Å². The number of halogens is 6. The van der Waals surface area contributed by atoms with E-state index in [2.05, 4.69) is 0 Å². The minimum atomic E-state index is -4.97. The number of fused-ring (bicyclic) bond motifs is 1. The molecular weight excluding hydrogens is 540 g/mol. The molecule has 0 saturated carbocycles. The van der Waals surface area contributed by atoms with Crippen molar-refractivity contribution >= 4 is 5.78 Å². The van der Waals surface area contributed by atoms with E-state index in [4.69, 9.17) is 9.47 Å². The van der Waals surface area contributed by atoms with Crippen molar-refractivity contribution in [2.75, 3.05) is 19.7 Å². The van der Waals surface area contributed by atoms with Crippen LogP contribution in [0.3, 0.4) is 0 Å². The van der Waals surface area contributed by atoms with Gasteiger partial charge in [0.25, 0.3) is 0 Å². The van der Waals surface area contributed by atoms with Gasteiger partial charge in [-0.3, -0.25) is 4.79 Å².